The summed E-state index contributed by atoms with van der Waals surface area (Å²) in [6.45, 7) is 4.89. The topological polar surface area (TPSA) is 117 Å². The fourth-order valence-electron chi connectivity index (χ4n) is 2.44. The SMILES string of the molecule is COCC1=C(C(=O)O[C@@H](C)OC(=O)OC(C)C)N2C(=O)[C@@H](N)[C@H]2SC1. The van der Waals surface area contributed by atoms with E-state index in [1.165, 1.54) is 30.7 Å². The lowest BCUT2D eigenvalue weighted by molar-refractivity contribution is -0.169. The van der Waals surface area contributed by atoms with Crippen LogP contribution in [0, 0.1) is 0 Å². The number of methoxy groups -OCH3 is 1. The van der Waals surface area contributed by atoms with Gasteiger partial charge in [-0.1, -0.05) is 0 Å². The van der Waals surface area contributed by atoms with Crippen LogP contribution in [0.2, 0.25) is 0 Å². The molecule has 1 fully saturated rings. The van der Waals surface area contributed by atoms with Gasteiger partial charge in [0.05, 0.1) is 12.7 Å². The van der Waals surface area contributed by atoms with Crippen molar-refractivity contribution >= 4 is 29.8 Å². The van der Waals surface area contributed by atoms with Gasteiger partial charge in [0.2, 0.25) is 12.2 Å². The number of esters is 1. The van der Waals surface area contributed by atoms with E-state index in [1.54, 1.807) is 13.8 Å². The van der Waals surface area contributed by atoms with Gasteiger partial charge in [-0.2, -0.15) is 0 Å². The van der Waals surface area contributed by atoms with Gasteiger partial charge in [-0.25, -0.2) is 9.59 Å². The normalized spacial score (nSPS) is 23.8. The molecule has 0 aromatic rings. The lowest BCUT2D eigenvalue weighted by atomic mass is 10.0. The maximum atomic E-state index is 12.5. The van der Waals surface area contributed by atoms with Gasteiger partial charge >= 0.3 is 12.1 Å². The predicted octanol–water partition coefficient (Wildman–Crippen LogP) is 0.580. The molecule has 2 heterocycles. The fourth-order valence-corrected chi connectivity index (χ4v) is 3.71. The van der Waals surface area contributed by atoms with Crippen molar-refractivity contribution in [3.8, 4) is 0 Å². The molecule has 0 unspecified atom stereocenters. The Morgan fingerprint density at radius 1 is 1.28 bits per heavy atom. The van der Waals surface area contributed by atoms with E-state index in [-0.39, 0.29) is 29.7 Å². The summed E-state index contributed by atoms with van der Waals surface area (Å²) in [5.74, 6) is -0.640. The van der Waals surface area contributed by atoms with Crippen LogP contribution < -0.4 is 5.73 Å². The summed E-state index contributed by atoms with van der Waals surface area (Å²) in [5, 5.41) is -0.308. The lowest BCUT2D eigenvalue weighted by Crippen LogP contribution is -2.68. The van der Waals surface area contributed by atoms with Gasteiger partial charge in [0.1, 0.15) is 17.1 Å². The third-order valence-corrected chi connectivity index (χ3v) is 4.83. The van der Waals surface area contributed by atoms with Crippen LogP contribution in [0.15, 0.2) is 11.3 Å². The molecule has 1 amide bonds. The van der Waals surface area contributed by atoms with Crippen LogP contribution in [0.4, 0.5) is 4.79 Å². The number of ether oxygens (including phenoxy) is 4. The quantitative estimate of drug-likeness (QED) is 0.404. The summed E-state index contributed by atoms with van der Waals surface area (Å²) in [5.41, 5.74) is 6.49. The van der Waals surface area contributed by atoms with Crippen molar-refractivity contribution in [1.82, 2.24) is 4.90 Å². The number of fused-ring (bicyclic) bond motifs is 1. The first-order valence-corrected chi connectivity index (χ1v) is 8.80. The number of hydrogen-bond acceptors (Lipinski definition) is 9. The number of carbonyl (C=O) groups is 3. The van der Waals surface area contributed by atoms with E-state index in [9.17, 15) is 14.4 Å². The molecule has 2 aliphatic rings. The molecule has 2 rings (SSSR count). The van der Waals surface area contributed by atoms with Crippen molar-refractivity contribution in [1.29, 1.82) is 0 Å². The zero-order valence-corrected chi connectivity index (χ0v) is 15.3. The van der Waals surface area contributed by atoms with Crippen molar-refractivity contribution < 1.29 is 33.3 Å². The minimum Gasteiger partial charge on any atom is -0.431 e. The number of rotatable bonds is 6. The average molecular weight is 374 g/mol. The highest BCUT2D eigenvalue weighted by atomic mass is 32.2. The second-order valence-electron chi connectivity index (χ2n) is 5.83. The highest BCUT2D eigenvalue weighted by Crippen LogP contribution is 2.39. The Morgan fingerprint density at radius 2 is 1.96 bits per heavy atom. The molecule has 25 heavy (non-hydrogen) atoms. The van der Waals surface area contributed by atoms with Gasteiger partial charge in [0.25, 0.3) is 0 Å². The zero-order valence-electron chi connectivity index (χ0n) is 14.5. The largest absolute Gasteiger partial charge is 0.511 e. The third kappa shape index (κ3) is 4.25. The van der Waals surface area contributed by atoms with Gasteiger partial charge in [0.15, 0.2) is 0 Å². The van der Waals surface area contributed by atoms with Crippen LogP contribution in [0.25, 0.3) is 0 Å². The average Bonchev–Trinajstić information content (AvgIpc) is 2.52. The van der Waals surface area contributed by atoms with Crippen molar-refractivity contribution in [3.63, 3.8) is 0 Å². The van der Waals surface area contributed by atoms with E-state index in [1.807, 2.05) is 0 Å². The van der Waals surface area contributed by atoms with Gasteiger partial charge in [-0.3, -0.25) is 9.69 Å². The molecule has 2 aliphatic heterocycles. The Balaban J connectivity index is 2.08. The summed E-state index contributed by atoms with van der Waals surface area (Å²) in [6, 6.07) is -0.647. The molecular formula is C15H22N2O7S. The molecule has 10 heteroatoms. The van der Waals surface area contributed by atoms with E-state index in [0.29, 0.717) is 11.3 Å². The lowest BCUT2D eigenvalue weighted by Gasteiger charge is -2.48. The predicted molar refractivity (Wildman–Crippen MR) is 88.2 cm³/mol. The van der Waals surface area contributed by atoms with Gasteiger partial charge in [-0.15, -0.1) is 11.8 Å². The highest BCUT2D eigenvalue weighted by Gasteiger charge is 2.52. The first-order valence-electron chi connectivity index (χ1n) is 7.75. The molecule has 2 N–H and O–H groups in total. The summed E-state index contributed by atoms with van der Waals surface area (Å²) in [4.78, 5) is 37.3. The molecule has 0 bridgehead atoms. The van der Waals surface area contributed by atoms with E-state index in [2.05, 4.69) is 0 Å². The number of thioether (sulfide) groups is 1. The third-order valence-electron chi connectivity index (χ3n) is 3.47. The maximum Gasteiger partial charge on any atom is 0.511 e. The van der Waals surface area contributed by atoms with E-state index in [0.717, 1.165) is 0 Å². The van der Waals surface area contributed by atoms with Crippen LogP contribution in [0.5, 0.6) is 0 Å². The number of amides is 1. The number of β-lactam (4-membered cyclic amide) rings is 1. The Hall–Kier alpha value is -1.78. The zero-order chi connectivity index (χ0) is 18.7. The van der Waals surface area contributed by atoms with Crippen LogP contribution in [0.3, 0.4) is 0 Å². The first kappa shape index (κ1) is 19.5. The number of carbonyl (C=O) groups excluding carboxylic acids is 3. The van der Waals surface area contributed by atoms with Crippen molar-refractivity contribution in [2.24, 2.45) is 5.73 Å². The Bertz CT molecular complexity index is 592. The van der Waals surface area contributed by atoms with Crippen LogP contribution >= 0.6 is 11.8 Å². The minimum atomic E-state index is -1.17. The Morgan fingerprint density at radius 3 is 2.56 bits per heavy atom. The summed E-state index contributed by atoms with van der Waals surface area (Å²) < 4.78 is 19.9. The second-order valence-corrected chi connectivity index (χ2v) is 6.93. The smallest absolute Gasteiger partial charge is 0.431 e. The summed E-state index contributed by atoms with van der Waals surface area (Å²) in [7, 11) is 1.49. The number of nitrogens with zero attached hydrogens (tertiary/aromatic N) is 1. The van der Waals surface area contributed by atoms with E-state index < -0.39 is 24.5 Å². The van der Waals surface area contributed by atoms with Gasteiger partial charge < -0.3 is 24.7 Å². The molecule has 3 atom stereocenters. The second kappa shape index (κ2) is 8.07. The van der Waals surface area contributed by atoms with E-state index in [4.69, 9.17) is 24.7 Å². The summed E-state index contributed by atoms with van der Waals surface area (Å²) in [6.07, 6.45) is -2.48. The van der Waals surface area contributed by atoms with Crippen LogP contribution in [-0.2, 0) is 28.5 Å². The Labute approximate surface area is 149 Å². The fraction of sp³-hybridized carbons (Fsp3) is 0.667. The molecule has 140 valence electrons. The Kier molecular flexibility index (Phi) is 6.31. The molecule has 1 saturated heterocycles. The first-order chi connectivity index (χ1) is 11.8. The number of hydrogen-bond donors (Lipinski definition) is 1. The molecule has 9 nitrogen and oxygen atoms in total. The monoisotopic (exact) mass is 374 g/mol. The van der Waals surface area contributed by atoms with Crippen molar-refractivity contribution in [2.45, 2.75) is 44.6 Å². The van der Waals surface area contributed by atoms with E-state index >= 15 is 0 Å². The molecule has 0 saturated carbocycles. The molecule has 0 spiro atoms. The van der Waals surface area contributed by atoms with Crippen molar-refractivity contribution in [2.75, 3.05) is 19.5 Å². The van der Waals surface area contributed by atoms with Crippen LogP contribution in [0.1, 0.15) is 20.8 Å². The van der Waals surface area contributed by atoms with Gasteiger partial charge in [0, 0.05) is 19.8 Å². The van der Waals surface area contributed by atoms with Gasteiger partial charge in [-0.05, 0) is 19.4 Å². The molecule has 0 aliphatic carbocycles. The molecule has 0 radical (unpaired) electrons. The maximum absolute atomic E-state index is 12.5. The highest BCUT2D eigenvalue weighted by molar-refractivity contribution is 8.00. The standard InChI is InChI=1S/C15H22N2O7S/c1-7(2)22-15(20)24-8(3)23-14(19)11-9(5-21-4)6-25-13-10(16)12(18)17(11)13/h7-8,10,13H,5-6,16H2,1-4H3/t8-,10-,13-/m1/s1. The number of nitrogens with two attached hydrogens (primary N) is 1. The van der Waals surface area contributed by atoms with Crippen molar-refractivity contribution in [3.05, 3.63) is 11.3 Å². The van der Waals surface area contributed by atoms with Crippen LogP contribution in [-0.4, -0.2) is 66.2 Å². The summed E-state index contributed by atoms with van der Waals surface area (Å²) >= 11 is 1.46. The molecular weight excluding hydrogens is 352 g/mol. The minimum absolute atomic E-state index is 0.102. The molecule has 0 aromatic heterocycles. The molecule has 0 aromatic carbocycles.